The minimum Gasteiger partial charge on any atom is -0.711 e. The quantitative estimate of drug-likeness (QED) is 0.205. The number of carbonyl (C=O) groups is 3. The van der Waals surface area contributed by atoms with Crippen molar-refractivity contribution in [2.75, 3.05) is 18.4 Å². The molecule has 1 aromatic heterocycles. The molecule has 2 fully saturated rings. The van der Waals surface area contributed by atoms with Gasteiger partial charge in [-0.3, -0.25) is 14.8 Å². The zero-order chi connectivity index (χ0) is 21.9. The highest BCUT2D eigenvalue weighted by atomic mass is 19.1. The topological polar surface area (TPSA) is 117 Å². The van der Waals surface area contributed by atoms with Crippen LogP contribution in [0.2, 0.25) is 0 Å². The first kappa shape index (κ1) is 21.9. The maximum atomic E-state index is 13.3. The lowest BCUT2D eigenvalue weighted by atomic mass is 9.99. The number of halogens is 1. The molecule has 30 heavy (non-hydrogen) atoms. The van der Waals surface area contributed by atoms with Gasteiger partial charge in [-0.15, -0.1) is 0 Å². The van der Waals surface area contributed by atoms with Gasteiger partial charge in [0.05, 0.1) is 12.5 Å². The second kappa shape index (κ2) is 8.95. The van der Waals surface area contributed by atoms with Crippen LogP contribution in [0.3, 0.4) is 0 Å². The Morgan fingerprint density at radius 3 is 2.83 bits per heavy atom. The van der Waals surface area contributed by atoms with Gasteiger partial charge in [-0.1, -0.05) is 19.8 Å². The van der Waals surface area contributed by atoms with Crippen LogP contribution in [0.25, 0.3) is 0 Å². The molecule has 3 amide bonds. The zero-order valence-electron chi connectivity index (χ0n) is 16.9. The largest absolute Gasteiger partial charge is 0.711 e. The number of rotatable bonds is 9. The normalized spacial score (nSPS) is 20.1. The third-order valence-corrected chi connectivity index (χ3v) is 5.97. The third-order valence-electron chi connectivity index (χ3n) is 5.97. The minimum absolute atomic E-state index is 0.0905. The molecule has 10 heteroatoms. The van der Waals surface area contributed by atoms with Gasteiger partial charge in [0.1, 0.15) is 12.2 Å². The van der Waals surface area contributed by atoms with E-state index in [1.54, 1.807) is 0 Å². The number of hydrogen-bond donors (Lipinski definition) is 2. The molecule has 0 bridgehead atoms. The third kappa shape index (κ3) is 4.86. The van der Waals surface area contributed by atoms with Crippen LogP contribution < -0.4 is 10.0 Å². The van der Waals surface area contributed by atoms with Crippen molar-refractivity contribution in [3.05, 3.63) is 29.4 Å². The van der Waals surface area contributed by atoms with Gasteiger partial charge in [0, 0.05) is 12.6 Å². The number of nitrogens with one attached hydrogen (secondary N) is 1. The lowest BCUT2D eigenvalue weighted by Crippen LogP contribution is -2.48. The van der Waals surface area contributed by atoms with E-state index in [-0.39, 0.29) is 34.8 Å². The van der Waals surface area contributed by atoms with Gasteiger partial charge >= 0.3 is 5.91 Å². The number of hydroxylamine groups is 2. The Balaban J connectivity index is 1.77. The Morgan fingerprint density at radius 2 is 2.23 bits per heavy atom. The summed E-state index contributed by atoms with van der Waals surface area (Å²) in [5.74, 6) is -2.26. The Bertz CT molecular complexity index is 816. The first-order valence-corrected chi connectivity index (χ1v) is 10.2. The van der Waals surface area contributed by atoms with E-state index in [0.29, 0.717) is 30.6 Å². The van der Waals surface area contributed by atoms with Gasteiger partial charge in [0.25, 0.3) is 5.82 Å². The smallest absolute Gasteiger partial charge is 0.330 e. The number of hydrogen-bond acceptors (Lipinski definition) is 5. The summed E-state index contributed by atoms with van der Waals surface area (Å²) in [5.41, 5.74) is -0.0905. The molecule has 2 N–H and O–H groups in total. The molecule has 2 aliphatic rings. The summed E-state index contributed by atoms with van der Waals surface area (Å²) in [6.07, 6.45) is 5.36. The van der Waals surface area contributed by atoms with Crippen LogP contribution in [-0.2, 0) is 14.4 Å². The molecule has 1 aliphatic heterocycles. The van der Waals surface area contributed by atoms with Gasteiger partial charge in [-0.05, 0) is 37.2 Å². The Hall–Kier alpha value is -2.75. The van der Waals surface area contributed by atoms with E-state index < -0.39 is 23.7 Å². The average Bonchev–Trinajstić information content (AvgIpc) is 3.36. The van der Waals surface area contributed by atoms with E-state index in [9.17, 15) is 29.2 Å². The van der Waals surface area contributed by atoms with Gasteiger partial charge in [0.2, 0.25) is 12.3 Å². The highest BCUT2D eigenvalue weighted by molar-refractivity contribution is 5.97. The lowest BCUT2D eigenvalue weighted by Gasteiger charge is -2.28. The van der Waals surface area contributed by atoms with Crippen LogP contribution >= 0.6 is 0 Å². The predicted molar refractivity (Wildman–Crippen MR) is 103 cm³/mol. The van der Waals surface area contributed by atoms with Crippen molar-refractivity contribution in [2.45, 2.75) is 51.5 Å². The standard InChI is InChI=1S/C20H27FN4O5/c1-2-3-4-14(10-23(29)13-26)19(28)24-12-20(7-8-20)9-16(24)18(27)22-17-6-5-15(21)11-25(17)30/h5-6,11,13-14,16,29H,2-4,7-10,12H2,1H3,(H,22,27)/t14-,16+/m1/s1. The highest BCUT2D eigenvalue weighted by Crippen LogP contribution is 2.55. The van der Waals surface area contributed by atoms with Crippen LogP contribution in [0.15, 0.2) is 18.3 Å². The fourth-order valence-corrected chi connectivity index (χ4v) is 4.07. The van der Waals surface area contributed by atoms with Crippen molar-refractivity contribution < 1.29 is 28.7 Å². The number of likely N-dealkylation sites (tertiary alicyclic amines) is 1. The van der Waals surface area contributed by atoms with Crippen LogP contribution in [0.4, 0.5) is 10.2 Å². The molecule has 0 aromatic carbocycles. The molecule has 164 valence electrons. The van der Waals surface area contributed by atoms with E-state index in [2.05, 4.69) is 5.32 Å². The first-order chi connectivity index (χ1) is 14.3. The summed E-state index contributed by atoms with van der Waals surface area (Å²) >= 11 is 0. The van der Waals surface area contributed by atoms with E-state index in [4.69, 9.17) is 0 Å². The molecule has 1 aromatic rings. The molecule has 1 spiro atoms. The van der Waals surface area contributed by atoms with Crippen molar-refractivity contribution in [3.8, 4) is 0 Å². The van der Waals surface area contributed by atoms with E-state index in [1.807, 2.05) is 6.92 Å². The fourth-order valence-electron chi connectivity index (χ4n) is 4.07. The molecule has 0 radical (unpaired) electrons. The van der Waals surface area contributed by atoms with Gasteiger partial charge in [0.15, 0.2) is 5.82 Å². The Kier molecular flexibility index (Phi) is 6.55. The van der Waals surface area contributed by atoms with Crippen molar-refractivity contribution in [1.29, 1.82) is 0 Å². The predicted octanol–water partition coefficient (Wildman–Crippen LogP) is 1.43. The van der Waals surface area contributed by atoms with Gasteiger partial charge in [-0.2, -0.15) is 0 Å². The summed E-state index contributed by atoms with van der Waals surface area (Å²) in [4.78, 5) is 38.5. The summed E-state index contributed by atoms with van der Waals surface area (Å²) in [5, 5.41) is 24.4. The van der Waals surface area contributed by atoms with Crippen LogP contribution in [-0.4, -0.2) is 52.5 Å². The highest BCUT2D eigenvalue weighted by Gasteiger charge is 2.56. The fraction of sp³-hybridized carbons (Fsp3) is 0.600. The lowest BCUT2D eigenvalue weighted by molar-refractivity contribution is -0.591. The number of anilines is 1. The molecule has 9 nitrogen and oxygen atoms in total. The van der Waals surface area contributed by atoms with Gasteiger partial charge in [-0.25, -0.2) is 24.3 Å². The Morgan fingerprint density at radius 1 is 1.50 bits per heavy atom. The molecular formula is C20H27FN4O5. The van der Waals surface area contributed by atoms with Crippen LogP contribution in [0.1, 0.15) is 45.4 Å². The average molecular weight is 422 g/mol. The van der Waals surface area contributed by atoms with E-state index >= 15 is 0 Å². The second-order valence-corrected chi connectivity index (χ2v) is 8.30. The van der Waals surface area contributed by atoms with Crippen LogP contribution in [0, 0.1) is 22.4 Å². The maximum Gasteiger partial charge on any atom is 0.330 e. The number of carbonyl (C=O) groups excluding carboxylic acids is 3. The molecular weight excluding hydrogens is 395 g/mol. The monoisotopic (exact) mass is 422 g/mol. The molecule has 1 aliphatic carbocycles. The summed E-state index contributed by atoms with van der Waals surface area (Å²) in [6, 6.07) is 1.48. The van der Waals surface area contributed by atoms with Crippen molar-refractivity contribution >= 4 is 24.0 Å². The van der Waals surface area contributed by atoms with Crippen molar-refractivity contribution in [1.82, 2.24) is 9.96 Å². The summed E-state index contributed by atoms with van der Waals surface area (Å²) < 4.78 is 13.4. The van der Waals surface area contributed by atoms with E-state index in [0.717, 1.165) is 31.7 Å². The molecule has 3 rings (SSSR count). The molecule has 2 heterocycles. The van der Waals surface area contributed by atoms with E-state index in [1.165, 1.54) is 11.0 Å². The van der Waals surface area contributed by atoms with Crippen molar-refractivity contribution in [3.63, 3.8) is 0 Å². The number of nitrogens with zero attached hydrogens (tertiary/aromatic N) is 3. The number of unbranched alkanes of at least 4 members (excludes halogenated alkanes) is 1. The molecule has 2 atom stereocenters. The maximum absolute atomic E-state index is 13.3. The van der Waals surface area contributed by atoms with Crippen molar-refractivity contribution in [2.24, 2.45) is 11.3 Å². The molecule has 1 saturated heterocycles. The first-order valence-electron chi connectivity index (χ1n) is 10.2. The SMILES string of the molecule is CCCC[C@H](CN(O)C=O)C(=O)N1CC2(CC2)C[C@H]1C(=O)Nc1ccc(F)c[n+]1[O-]. The number of amides is 3. The van der Waals surface area contributed by atoms with Crippen LogP contribution in [0.5, 0.6) is 0 Å². The molecule has 1 saturated carbocycles. The number of pyridine rings is 1. The summed E-state index contributed by atoms with van der Waals surface area (Å²) in [7, 11) is 0. The minimum atomic E-state index is -0.766. The zero-order valence-corrected chi connectivity index (χ0v) is 16.9. The summed E-state index contributed by atoms with van der Waals surface area (Å²) in [6.45, 7) is 2.27. The number of aromatic nitrogens is 1. The molecule has 0 unspecified atom stereocenters. The van der Waals surface area contributed by atoms with Gasteiger partial charge < -0.3 is 10.1 Å². The second-order valence-electron chi connectivity index (χ2n) is 8.30. The Labute approximate surface area is 174 Å².